The van der Waals surface area contributed by atoms with Crippen LogP contribution in [0.15, 0.2) is 0 Å². The quantitative estimate of drug-likeness (QED) is 0.800. The Morgan fingerprint density at radius 3 is 2.55 bits per heavy atom. The van der Waals surface area contributed by atoms with Crippen molar-refractivity contribution in [3.8, 4) is 0 Å². The van der Waals surface area contributed by atoms with Crippen LogP contribution < -0.4 is 4.90 Å². The predicted octanol–water partition coefficient (Wildman–Crippen LogP) is 2.16. The molecule has 1 aliphatic rings. The molecule has 6 heteroatoms. The molecule has 0 aliphatic carbocycles. The highest BCUT2D eigenvalue weighted by Gasteiger charge is 2.29. The lowest BCUT2D eigenvalue weighted by atomic mass is 10.1. The number of hydrogen-bond donors (Lipinski definition) is 0. The number of nitrogens with zero attached hydrogens (tertiary/aromatic N) is 3. The van der Waals surface area contributed by atoms with E-state index in [9.17, 15) is 4.79 Å². The molecule has 112 valence electrons. The van der Waals surface area contributed by atoms with Gasteiger partial charge in [0.15, 0.2) is 10.8 Å². The third-order valence-electron chi connectivity index (χ3n) is 3.88. The van der Waals surface area contributed by atoms with Gasteiger partial charge in [0.25, 0.3) is 0 Å². The first-order valence-corrected chi connectivity index (χ1v) is 7.87. The number of esters is 1. The fourth-order valence-electron chi connectivity index (χ4n) is 2.47. The second kappa shape index (κ2) is 6.10. The van der Waals surface area contributed by atoms with E-state index >= 15 is 0 Å². The van der Waals surface area contributed by atoms with Crippen molar-refractivity contribution in [1.29, 1.82) is 0 Å². The highest BCUT2D eigenvalue weighted by atomic mass is 32.1. The van der Waals surface area contributed by atoms with Crippen LogP contribution in [0.5, 0.6) is 0 Å². The Kier molecular flexibility index (Phi) is 4.65. The summed E-state index contributed by atoms with van der Waals surface area (Å²) in [7, 11) is 2.16. The molecule has 0 N–H and O–H groups in total. The third-order valence-corrected chi connectivity index (χ3v) is 4.92. The first-order valence-electron chi connectivity index (χ1n) is 7.05. The van der Waals surface area contributed by atoms with Crippen LogP contribution in [0.25, 0.3) is 0 Å². The number of aromatic nitrogens is 1. The van der Waals surface area contributed by atoms with E-state index in [1.54, 1.807) is 11.3 Å². The summed E-state index contributed by atoms with van der Waals surface area (Å²) in [6.45, 7) is 10.4. The minimum atomic E-state index is -0.317. The third kappa shape index (κ3) is 2.96. The molecule has 0 saturated carbocycles. The van der Waals surface area contributed by atoms with Gasteiger partial charge in [0.1, 0.15) is 0 Å². The molecule has 2 rings (SSSR count). The van der Waals surface area contributed by atoms with Crippen LogP contribution in [0.4, 0.5) is 5.13 Å². The van der Waals surface area contributed by atoms with Crippen molar-refractivity contribution in [2.75, 3.05) is 31.6 Å². The van der Waals surface area contributed by atoms with E-state index < -0.39 is 0 Å². The van der Waals surface area contributed by atoms with Crippen LogP contribution in [0.1, 0.15) is 36.1 Å². The number of rotatable bonds is 3. The number of anilines is 1. The first kappa shape index (κ1) is 15.3. The predicted molar refractivity (Wildman–Crippen MR) is 81.7 cm³/mol. The van der Waals surface area contributed by atoms with E-state index in [0.717, 1.165) is 23.1 Å². The minimum Gasteiger partial charge on any atom is -0.461 e. The first-order chi connectivity index (χ1) is 9.43. The Labute approximate surface area is 124 Å². The van der Waals surface area contributed by atoms with Gasteiger partial charge >= 0.3 is 5.97 Å². The zero-order valence-electron chi connectivity index (χ0n) is 12.8. The van der Waals surface area contributed by atoms with Crippen molar-refractivity contribution < 1.29 is 9.53 Å². The van der Waals surface area contributed by atoms with Gasteiger partial charge in [-0.05, 0) is 34.7 Å². The zero-order chi connectivity index (χ0) is 14.9. The van der Waals surface area contributed by atoms with Crippen molar-refractivity contribution in [2.45, 2.75) is 39.8 Å². The van der Waals surface area contributed by atoms with Crippen LogP contribution in [0.2, 0.25) is 0 Å². The number of likely N-dealkylation sites (N-methyl/N-ethyl adjacent to an activating group) is 1. The number of carbonyl (C=O) groups excluding carboxylic acids is 1. The topological polar surface area (TPSA) is 45.7 Å². The number of piperazine rings is 1. The molecule has 1 aromatic rings. The highest BCUT2D eigenvalue weighted by molar-refractivity contribution is 7.15. The van der Waals surface area contributed by atoms with E-state index in [2.05, 4.69) is 35.7 Å². The van der Waals surface area contributed by atoms with Crippen LogP contribution in [0, 0.1) is 6.92 Å². The van der Waals surface area contributed by atoms with Crippen molar-refractivity contribution >= 4 is 22.4 Å². The van der Waals surface area contributed by atoms with E-state index in [4.69, 9.17) is 4.74 Å². The maximum atomic E-state index is 11.8. The standard InChI is InChI=1S/C14H23N3O2S/c1-6-19-13(18)12-11(4)20-14(15-12)17-7-9(2)16(5)10(3)8-17/h9-10H,6-8H2,1-5H3. The summed E-state index contributed by atoms with van der Waals surface area (Å²) in [6, 6.07) is 0.961. The van der Waals surface area contributed by atoms with Crippen LogP contribution in [-0.2, 0) is 4.74 Å². The lowest BCUT2D eigenvalue weighted by Crippen LogP contribution is -2.55. The molecule has 5 nitrogen and oxygen atoms in total. The van der Waals surface area contributed by atoms with Crippen molar-refractivity contribution in [2.24, 2.45) is 0 Å². The molecular formula is C14H23N3O2S. The number of carbonyl (C=O) groups is 1. The molecule has 0 spiro atoms. The fraction of sp³-hybridized carbons (Fsp3) is 0.714. The zero-order valence-corrected chi connectivity index (χ0v) is 13.7. The van der Waals surface area contributed by atoms with Crippen LogP contribution >= 0.6 is 11.3 Å². The summed E-state index contributed by atoms with van der Waals surface area (Å²) < 4.78 is 5.05. The molecular weight excluding hydrogens is 274 g/mol. The monoisotopic (exact) mass is 297 g/mol. The maximum absolute atomic E-state index is 11.8. The molecule has 1 fully saturated rings. The van der Waals surface area contributed by atoms with Gasteiger partial charge in [0.05, 0.1) is 6.61 Å². The summed E-state index contributed by atoms with van der Waals surface area (Å²) in [6.07, 6.45) is 0. The molecule has 20 heavy (non-hydrogen) atoms. The minimum absolute atomic E-state index is 0.317. The van der Waals surface area contributed by atoms with E-state index in [-0.39, 0.29) is 5.97 Å². The largest absolute Gasteiger partial charge is 0.461 e. The second-order valence-electron chi connectivity index (χ2n) is 5.39. The summed E-state index contributed by atoms with van der Waals surface area (Å²) in [5.74, 6) is -0.317. The van der Waals surface area contributed by atoms with Crippen molar-refractivity contribution in [1.82, 2.24) is 9.88 Å². The molecule has 0 bridgehead atoms. The van der Waals surface area contributed by atoms with Crippen LogP contribution in [0.3, 0.4) is 0 Å². The Morgan fingerprint density at radius 1 is 1.40 bits per heavy atom. The lowest BCUT2D eigenvalue weighted by Gasteiger charge is -2.42. The maximum Gasteiger partial charge on any atom is 0.358 e. The Bertz CT molecular complexity index is 477. The number of ether oxygens (including phenoxy) is 1. The van der Waals surface area contributed by atoms with Crippen molar-refractivity contribution in [3.63, 3.8) is 0 Å². The summed E-state index contributed by atoms with van der Waals surface area (Å²) >= 11 is 1.58. The molecule has 1 aliphatic heterocycles. The number of thiazole rings is 1. The molecule has 1 saturated heterocycles. The Balaban J connectivity index is 2.18. The normalized spacial score (nSPS) is 23.9. The molecule has 0 radical (unpaired) electrons. The summed E-state index contributed by atoms with van der Waals surface area (Å²) in [5.41, 5.74) is 0.464. The van der Waals surface area contributed by atoms with E-state index in [0.29, 0.717) is 24.4 Å². The molecule has 1 aromatic heterocycles. The smallest absolute Gasteiger partial charge is 0.358 e. The van der Waals surface area contributed by atoms with E-state index in [1.165, 1.54) is 0 Å². The molecule has 2 unspecified atom stereocenters. The highest BCUT2D eigenvalue weighted by Crippen LogP contribution is 2.29. The van der Waals surface area contributed by atoms with Crippen molar-refractivity contribution in [3.05, 3.63) is 10.6 Å². The molecule has 2 heterocycles. The number of aryl methyl sites for hydroxylation is 1. The van der Waals surface area contributed by atoms with Gasteiger partial charge in [-0.1, -0.05) is 0 Å². The molecule has 2 atom stereocenters. The number of hydrogen-bond acceptors (Lipinski definition) is 6. The van der Waals surface area contributed by atoms with Gasteiger partial charge in [0.2, 0.25) is 0 Å². The Hall–Kier alpha value is -1.14. The molecule has 0 amide bonds. The SMILES string of the molecule is CCOC(=O)c1nc(N2CC(C)N(C)C(C)C2)sc1C. The fourth-order valence-corrected chi connectivity index (χ4v) is 3.38. The van der Waals surface area contributed by atoms with Crippen LogP contribution in [-0.4, -0.2) is 54.7 Å². The second-order valence-corrected chi connectivity index (χ2v) is 6.57. The average molecular weight is 297 g/mol. The summed E-state index contributed by atoms with van der Waals surface area (Å²) in [4.78, 5) is 21.9. The Morgan fingerprint density at radius 2 is 2.00 bits per heavy atom. The van der Waals surface area contributed by atoms with Gasteiger partial charge in [-0.25, -0.2) is 9.78 Å². The van der Waals surface area contributed by atoms with E-state index in [1.807, 2.05) is 13.8 Å². The van der Waals surface area contributed by atoms with Gasteiger partial charge < -0.3 is 9.64 Å². The lowest BCUT2D eigenvalue weighted by molar-refractivity contribution is 0.0519. The molecule has 0 aromatic carbocycles. The summed E-state index contributed by atoms with van der Waals surface area (Å²) in [5, 5.41) is 0.928. The van der Waals surface area contributed by atoms with Gasteiger partial charge in [-0.15, -0.1) is 11.3 Å². The van der Waals surface area contributed by atoms with Gasteiger partial charge in [-0.2, -0.15) is 0 Å². The average Bonchev–Trinajstić information content (AvgIpc) is 2.78. The van der Waals surface area contributed by atoms with Gasteiger partial charge in [-0.3, -0.25) is 4.90 Å². The van der Waals surface area contributed by atoms with Gasteiger partial charge in [0, 0.05) is 30.1 Å².